The minimum absolute atomic E-state index is 0.00946. The van der Waals surface area contributed by atoms with Crippen molar-refractivity contribution in [3.63, 3.8) is 0 Å². The zero-order valence-electron chi connectivity index (χ0n) is 15.3. The molecule has 2 rings (SSSR count). The topological polar surface area (TPSA) is 62.8 Å². The second-order valence-electron chi connectivity index (χ2n) is 5.66. The van der Waals surface area contributed by atoms with Crippen molar-refractivity contribution in [3.8, 4) is 11.5 Å². The molecule has 0 aliphatic carbocycles. The van der Waals surface area contributed by atoms with E-state index in [0.717, 1.165) is 11.3 Å². The molecular weight excluding hydrogens is 338 g/mol. The van der Waals surface area contributed by atoms with Gasteiger partial charge in [0.2, 0.25) is 0 Å². The van der Waals surface area contributed by atoms with Crippen molar-refractivity contribution in [1.29, 1.82) is 0 Å². The predicted octanol–water partition coefficient (Wildman–Crippen LogP) is 2.37. The molecule has 136 valence electrons. The Morgan fingerprint density at radius 1 is 1.20 bits per heavy atom. The van der Waals surface area contributed by atoms with E-state index in [1.165, 1.54) is 0 Å². The highest BCUT2D eigenvalue weighted by atomic mass is 32.1. The molecule has 0 spiro atoms. The first-order valence-electron chi connectivity index (χ1n) is 8.26. The Kier molecular flexibility index (Phi) is 6.25. The number of methoxy groups -OCH3 is 2. The molecule has 0 aromatic heterocycles. The summed E-state index contributed by atoms with van der Waals surface area (Å²) in [6.07, 6.45) is 0. The maximum absolute atomic E-state index is 13.0. The highest BCUT2D eigenvalue weighted by Gasteiger charge is 2.32. The van der Waals surface area contributed by atoms with E-state index in [4.69, 9.17) is 21.7 Å². The summed E-state index contributed by atoms with van der Waals surface area (Å²) in [5.74, 6) is 1.24. The van der Waals surface area contributed by atoms with Gasteiger partial charge in [0.25, 0.3) is 5.91 Å². The first-order chi connectivity index (χ1) is 12.0. The van der Waals surface area contributed by atoms with E-state index in [1.54, 1.807) is 19.1 Å². The molecule has 0 unspecified atom stereocenters. The lowest BCUT2D eigenvalue weighted by molar-refractivity contribution is -0.127. The van der Waals surface area contributed by atoms with Gasteiger partial charge < -0.3 is 25.0 Å². The summed E-state index contributed by atoms with van der Waals surface area (Å²) in [6, 6.07) is 5.26. The number of carbonyl (C=O) groups is 1. The van der Waals surface area contributed by atoms with Crippen molar-refractivity contribution >= 4 is 23.2 Å². The zero-order chi connectivity index (χ0) is 18.6. The van der Waals surface area contributed by atoms with Gasteiger partial charge in [-0.3, -0.25) is 4.79 Å². The number of thiocarbonyl (C=S) groups is 1. The van der Waals surface area contributed by atoms with Gasteiger partial charge in [-0.15, -0.1) is 0 Å². The summed E-state index contributed by atoms with van der Waals surface area (Å²) in [4.78, 5) is 14.8. The van der Waals surface area contributed by atoms with Gasteiger partial charge in [-0.05, 0) is 50.7 Å². The van der Waals surface area contributed by atoms with E-state index in [2.05, 4.69) is 10.6 Å². The van der Waals surface area contributed by atoms with Gasteiger partial charge in [0, 0.05) is 18.8 Å². The van der Waals surface area contributed by atoms with Crippen LogP contribution in [0.25, 0.3) is 0 Å². The van der Waals surface area contributed by atoms with Crippen LogP contribution in [0.1, 0.15) is 32.4 Å². The molecule has 6 nitrogen and oxygen atoms in total. The van der Waals surface area contributed by atoms with Gasteiger partial charge in [0.1, 0.15) is 0 Å². The molecule has 1 amide bonds. The summed E-state index contributed by atoms with van der Waals surface area (Å²) in [7, 11) is 3.18. The lowest BCUT2D eigenvalue weighted by Gasteiger charge is -2.33. The first kappa shape index (κ1) is 19.1. The monoisotopic (exact) mass is 363 g/mol. The molecule has 0 radical (unpaired) electrons. The number of hydrogen-bond acceptors (Lipinski definition) is 4. The van der Waals surface area contributed by atoms with E-state index in [1.807, 2.05) is 39.0 Å². The van der Waals surface area contributed by atoms with Crippen molar-refractivity contribution in [2.45, 2.75) is 26.8 Å². The summed E-state index contributed by atoms with van der Waals surface area (Å²) in [5.41, 5.74) is 2.31. The molecule has 1 atom stereocenters. The molecule has 1 aliphatic heterocycles. The fourth-order valence-electron chi connectivity index (χ4n) is 2.94. The van der Waals surface area contributed by atoms with Gasteiger partial charge in [-0.2, -0.15) is 0 Å². The van der Waals surface area contributed by atoms with Gasteiger partial charge in [-0.25, -0.2) is 0 Å². The number of carbonyl (C=O) groups excluding carboxylic acids is 1. The van der Waals surface area contributed by atoms with Gasteiger partial charge >= 0.3 is 0 Å². The summed E-state index contributed by atoms with van der Waals surface area (Å²) in [6.45, 7) is 7.11. The van der Waals surface area contributed by atoms with E-state index < -0.39 is 0 Å². The highest BCUT2D eigenvalue weighted by Crippen LogP contribution is 2.34. The number of benzene rings is 1. The zero-order valence-corrected chi connectivity index (χ0v) is 16.1. The average Bonchev–Trinajstić information content (AvgIpc) is 2.61. The van der Waals surface area contributed by atoms with Crippen molar-refractivity contribution in [3.05, 3.63) is 35.0 Å². The normalized spacial score (nSPS) is 16.8. The van der Waals surface area contributed by atoms with Gasteiger partial charge in [0.15, 0.2) is 16.6 Å². The lowest BCUT2D eigenvalue weighted by atomic mass is 9.94. The molecule has 1 aromatic rings. The molecule has 1 heterocycles. The molecule has 0 saturated carbocycles. The second kappa shape index (κ2) is 8.20. The Bertz CT molecular complexity index is 699. The van der Waals surface area contributed by atoms with Crippen molar-refractivity contribution in [2.24, 2.45) is 0 Å². The molecule has 0 bridgehead atoms. The number of nitrogens with one attached hydrogen (secondary N) is 2. The van der Waals surface area contributed by atoms with Crippen LogP contribution in [0.4, 0.5) is 0 Å². The number of hydrogen-bond donors (Lipinski definition) is 2. The van der Waals surface area contributed by atoms with Crippen LogP contribution in [0.15, 0.2) is 29.5 Å². The number of amides is 1. The highest BCUT2D eigenvalue weighted by molar-refractivity contribution is 7.80. The van der Waals surface area contributed by atoms with Crippen LogP contribution < -0.4 is 20.1 Å². The number of allylic oxidation sites excluding steroid dienone is 1. The second-order valence-corrected chi connectivity index (χ2v) is 6.07. The Morgan fingerprint density at radius 2 is 1.84 bits per heavy atom. The summed E-state index contributed by atoms with van der Waals surface area (Å²) < 4.78 is 10.7. The Balaban J connectivity index is 2.51. The lowest BCUT2D eigenvalue weighted by Crippen LogP contribution is -2.47. The fourth-order valence-corrected chi connectivity index (χ4v) is 3.21. The number of likely N-dealkylation sites (N-methyl/N-ethyl adjacent to an activating group) is 1. The van der Waals surface area contributed by atoms with Crippen LogP contribution in [0.5, 0.6) is 11.5 Å². The van der Waals surface area contributed by atoms with E-state index >= 15 is 0 Å². The largest absolute Gasteiger partial charge is 0.493 e. The van der Waals surface area contributed by atoms with E-state index in [-0.39, 0.29) is 11.9 Å². The van der Waals surface area contributed by atoms with Crippen LogP contribution in [0, 0.1) is 0 Å². The van der Waals surface area contributed by atoms with E-state index in [0.29, 0.717) is 35.3 Å². The number of ether oxygens (including phenoxy) is 2. The van der Waals surface area contributed by atoms with Gasteiger partial charge in [0.05, 0.1) is 25.8 Å². The Hall–Kier alpha value is -2.28. The van der Waals surface area contributed by atoms with Crippen molar-refractivity contribution < 1.29 is 14.3 Å². The van der Waals surface area contributed by atoms with E-state index in [9.17, 15) is 4.79 Å². The standard InChI is InChI=1S/C18H25N3O3S/c1-6-21(7-2)17(22)15-11(3)19-18(25)20-16(15)12-8-9-13(23-4)14(10-12)24-5/h8-10,16H,6-7H2,1-5H3,(H2,19,20,25)/t16-/m1/s1. The molecule has 7 heteroatoms. The minimum atomic E-state index is -0.346. The third kappa shape index (κ3) is 3.87. The smallest absolute Gasteiger partial charge is 0.253 e. The maximum atomic E-state index is 13.0. The average molecular weight is 363 g/mol. The molecule has 1 aromatic carbocycles. The van der Waals surface area contributed by atoms with Gasteiger partial charge in [-0.1, -0.05) is 6.07 Å². The van der Waals surface area contributed by atoms with Crippen LogP contribution in [-0.4, -0.2) is 43.2 Å². The molecule has 2 N–H and O–H groups in total. The molecule has 0 saturated heterocycles. The maximum Gasteiger partial charge on any atom is 0.253 e. The molecule has 0 fully saturated rings. The quantitative estimate of drug-likeness (QED) is 0.757. The van der Waals surface area contributed by atoms with Crippen LogP contribution >= 0.6 is 12.2 Å². The van der Waals surface area contributed by atoms with Crippen LogP contribution in [-0.2, 0) is 4.79 Å². The van der Waals surface area contributed by atoms with Crippen molar-refractivity contribution in [2.75, 3.05) is 27.3 Å². The Morgan fingerprint density at radius 3 is 2.40 bits per heavy atom. The first-order valence-corrected chi connectivity index (χ1v) is 8.67. The third-order valence-electron chi connectivity index (χ3n) is 4.29. The van der Waals surface area contributed by atoms with Crippen LogP contribution in [0.2, 0.25) is 0 Å². The summed E-state index contributed by atoms with van der Waals surface area (Å²) >= 11 is 5.29. The SMILES string of the molecule is CCN(CC)C(=O)C1=C(C)NC(=S)N[C@@H]1c1ccc(OC)c(OC)c1. The predicted molar refractivity (Wildman–Crippen MR) is 102 cm³/mol. The third-order valence-corrected chi connectivity index (χ3v) is 4.51. The molecule has 25 heavy (non-hydrogen) atoms. The molecule has 1 aliphatic rings. The van der Waals surface area contributed by atoms with Crippen LogP contribution in [0.3, 0.4) is 0 Å². The minimum Gasteiger partial charge on any atom is -0.493 e. The molecular formula is C18H25N3O3S. The number of rotatable bonds is 6. The summed E-state index contributed by atoms with van der Waals surface area (Å²) in [5, 5.41) is 6.76. The number of nitrogens with zero attached hydrogens (tertiary/aromatic N) is 1. The van der Waals surface area contributed by atoms with Crippen molar-refractivity contribution in [1.82, 2.24) is 15.5 Å². The Labute approximate surface area is 154 Å². The fraction of sp³-hybridized carbons (Fsp3) is 0.444.